The first kappa shape index (κ1) is 18.3. The van der Waals surface area contributed by atoms with Crippen LogP contribution >= 0.6 is 0 Å². The zero-order valence-corrected chi connectivity index (χ0v) is 14.8. The van der Waals surface area contributed by atoms with Gasteiger partial charge in [0.25, 0.3) is 0 Å². The van der Waals surface area contributed by atoms with Crippen LogP contribution in [-0.2, 0) is 9.53 Å². The molecule has 0 aromatic carbocycles. The predicted molar refractivity (Wildman–Crippen MR) is 90.8 cm³/mol. The quantitative estimate of drug-likeness (QED) is 0.823. The van der Waals surface area contributed by atoms with Crippen molar-refractivity contribution >= 4 is 17.8 Å². The second-order valence-electron chi connectivity index (χ2n) is 6.55. The molecule has 0 spiro atoms. The van der Waals surface area contributed by atoms with Gasteiger partial charge in [-0.05, 0) is 19.3 Å². The molecule has 1 aromatic rings. The Morgan fingerprint density at radius 3 is 2.92 bits per heavy atom. The molecule has 2 rings (SSSR count). The number of hydrogen-bond donors (Lipinski definition) is 2. The molecule has 2 heterocycles. The summed E-state index contributed by atoms with van der Waals surface area (Å²) in [5.41, 5.74) is 0. The molecule has 0 aliphatic carbocycles. The Morgan fingerprint density at radius 2 is 2.25 bits per heavy atom. The highest BCUT2D eigenvalue weighted by Gasteiger charge is 2.33. The maximum atomic E-state index is 12.6. The second kappa shape index (κ2) is 8.14. The molecule has 2 N–H and O–H groups in total. The fourth-order valence-electron chi connectivity index (χ4n) is 2.79. The largest absolute Gasteiger partial charge is 0.382 e. The van der Waals surface area contributed by atoms with E-state index in [4.69, 9.17) is 4.74 Å². The number of methoxy groups -OCH3 is 1. The Balaban J connectivity index is 2.03. The first-order valence-corrected chi connectivity index (χ1v) is 8.31. The van der Waals surface area contributed by atoms with Gasteiger partial charge in [-0.1, -0.05) is 13.8 Å². The third-order valence-electron chi connectivity index (χ3n) is 3.99. The van der Waals surface area contributed by atoms with Crippen molar-refractivity contribution in [2.75, 3.05) is 32.1 Å². The molecule has 24 heavy (non-hydrogen) atoms. The maximum absolute atomic E-state index is 12.6. The zero-order chi connectivity index (χ0) is 17.7. The first-order chi connectivity index (χ1) is 11.4. The highest BCUT2D eigenvalue weighted by Crippen LogP contribution is 2.16. The first-order valence-electron chi connectivity index (χ1n) is 8.31. The fourth-order valence-corrected chi connectivity index (χ4v) is 2.79. The van der Waals surface area contributed by atoms with Gasteiger partial charge in [-0.2, -0.15) is 5.10 Å². The summed E-state index contributed by atoms with van der Waals surface area (Å²) in [6, 6.07) is 1.09. The molecule has 1 fully saturated rings. The summed E-state index contributed by atoms with van der Waals surface area (Å²) in [6.45, 7) is 7.57. The Kier molecular flexibility index (Phi) is 6.19. The Labute approximate surface area is 142 Å². The number of urea groups is 1. The lowest BCUT2D eigenvalue weighted by Gasteiger charge is -2.35. The van der Waals surface area contributed by atoms with Gasteiger partial charge in [0.15, 0.2) is 5.82 Å². The number of anilines is 1. The van der Waals surface area contributed by atoms with Crippen molar-refractivity contribution in [2.45, 2.75) is 39.3 Å². The van der Waals surface area contributed by atoms with Crippen LogP contribution in [0.5, 0.6) is 0 Å². The molecule has 134 valence electrons. The summed E-state index contributed by atoms with van der Waals surface area (Å²) < 4.78 is 6.85. The molecule has 8 nitrogen and oxygen atoms in total. The molecule has 1 aromatic heterocycles. The van der Waals surface area contributed by atoms with Gasteiger partial charge in [0.2, 0.25) is 5.91 Å². The molecule has 8 heteroatoms. The van der Waals surface area contributed by atoms with Gasteiger partial charge in [-0.25, -0.2) is 4.79 Å². The highest BCUT2D eigenvalue weighted by atomic mass is 16.5. The van der Waals surface area contributed by atoms with E-state index in [0.29, 0.717) is 37.9 Å². The number of amides is 3. The highest BCUT2D eigenvalue weighted by molar-refractivity contribution is 5.94. The van der Waals surface area contributed by atoms with E-state index >= 15 is 0 Å². The lowest BCUT2D eigenvalue weighted by atomic mass is 10.0. The van der Waals surface area contributed by atoms with Gasteiger partial charge in [0, 0.05) is 32.5 Å². The number of hydrogen-bond acceptors (Lipinski definition) is 4. The van der Waals surface area contributed by atoms with Crippen LogP contribution in [0.2, 0.25) is 0 Å². The van der Waals surface area contributed by atoms with Gasteiger partial charge in [0.05, 0.1) is 12.6 Å². The summed E-state index contributed by atoms with van der Waals surface area (Å²) in [6.07, 6.45) is 2.44. The molecule has 0 radical (unpaired) electrons. The smallest absolute Gasteiger partial charge is 0.323 e. The van der Waals surface area contributed by atoms with E-state index in [9.17, 15) is 9.59 Å². The van der Waals surface area contributed by atoms with Crippen LogP contribution in [0.25, 0.3) is 0 Å². The third-order valence-corrected chi connectivity index (χ3v) is 3.99. The Morgan fingerprint density at radius 1 is 1.50 bits per heavy atom. The molecule has 2 unspecified atom stereocenters. The zero-order valence-electron chi connectivity index (χ0n) is 14.8. The van der Waals surface area contributed by atoms with Gasteiger partial charge in [0.1, 0.15) is 6.04 Å². The number of aromatic nitrogens is 2. The molecule has 3 amide bonds. The van der Waals surface area contributed by atoms with E-state index in [1.165, 1.54) is 0 Å². The molecule has 1 aliphatic rings. The van der Waals surface area contributed by atoms with Crippen molar-refractivity contribution in [3.05, 3.63) is 12.3 Å². The monoisotopic (exact) mass is 337 g/mol. The standard InChI is InChI=1S/C16H27N5O3/c1-11(2)9-13-15(22)17-6-8-20(13)16(23)18-14-5-7-21(19-14)12(3)10-24-4/h5,7,11-13H,6,8-10H2,1-4H3,(H,17,22)(H,18,19,23). The molecule has 0 saturated carbocycles. The van der Waals surface area contributed by atoms with Crippen molar-refractivity contribution < 1.29 is 14.3 Å². The van der Waals surface area contributed by atoms with Crippen molar-refractivity contribution in [3.63, 3.8) is 0 Å². The summed E-state index contributed by atoms with van der Waals surface area (Å²) in [7, 11) is 1.64. The minimum Gasteiger partial charge on any atom is -0.382 e. The molecule has 1 saturated heterocycles. The Bertz CT molecular complexity index is 572. The fraction of sp³-hybridized carbons (Fsp3) is 0.688. The van der Waals surface area contributed by atoms with Gasteiger partial charge < -0.3 is 15.0 Å². The van der Waals surface area contributed by atoms with Crippen LogP contribution in [0.1, 0.15) is 33.2 Å². The van der Waals surface area contributed by atoms with Crippen LogP contribution in [-0.4, -0.2) is 59.5 Å². The van der Waals surface area contributed by atoms with Gasteiger partial charge in [-0.15, -0.1) is 0 Å². The van der Waals surface area contributed by atoms with E-state index < -0.39 is 6.04 Å². The van der Waals surface area contributed by atoms with Crippen molar-refractivity contribution in [1.29, 1.82) is 0 Å². The Hall–Kier alpha value is -2.09. The van der Waals surface area contributed by atoms with Crippen molar-refractivity contribution in [3.8, 4) is 0 Å². The lowest BCUT2D eigenvalue weighted by Crippen LogP contribution is -2.58. The topological polar surface area (TPSA) is 88.5 Å². The SMILES string of the molecule is COCC(C)n1ccc(NC(=O)N2CCNC(=O)C2CC(C)C)n1. The van der Waals surface area contributed by atoms with E-state index in [1.807, 2.05) is 20.8 Å². The number of carbonyl (C=O) groups is 2. The van der Waals surface area contributed by atoms with E-state index in [0.717, 1.165) is 0 Å². The van der Waals surface area contributed by atoms with Gasteiger partial charge in [-0.3, -0.25) is 14.8 Å². The average molecular weight is 337 g/mol. The normalized spacial score (nSPS) is 19.3. The number of piperazine rings is 1. The number of nitrogens with zero attached hydrogens (tertiary/aromatic N) is 3. The van der Waals surface area contributed by atoms with Crippen LogP contribution in [0, 0.1) is 5.92 Å². The van der Waals surface area contributed by atoms with Crippen molar-refractivity contribution in [2.24, 2.45) is 5.92 Å². The summed E-state index contributed by atoms with van der Waals surface area (Å²) in [5, 5.41) is 9.96. The van der Waals surface area contributed by atoms with Crippen molar-refractivity contribution in [1.82, 2.24) is 20.0 Å². The number of carbonyl (C=O) groups excluding carboxylic acids is 2. The van der Waals surface area contributed by atoms with Crippen LogP contribution < -0.4 is 10.6 Å². The number of rotatable bonds is 6. The number of nitrogens with one attached hydrogen (secondary N) is 2. The molecule has 1 aliphatic heterocycles. The average Bonchev–Trinajstić information content (AvgIpc) is 2.97. The molecular formula is C16H27N5O3. The van der Waals surface area contributed by atoms with Gasteiger partial charge >= 0.3 is 6.03 Å². The molecule has 0 bridgehead atoms. The van der Waals surface area contributed by atoms with Crippen LogP contribution in [0.4, 0.5) is 10.6 Å². The summed E-state index contributed by atoms with van der Waals surface area (Å²) in [5.74, 6) is 0.699. The van der Waals surface area contributed by atoms with Crippen LogP contribution in [0.3, 0.4) is 0 Å². The molecular weight excluding hydrogens is 310 g/mol. The minimum atomic E-state index is -0.437. The molecule has 2 atom stereocenters. The predicted octanol–water partition coefficient (Wildman–Crippen LogP) is 1.47. The van der Waals surface area contributed by atoms with E-state index in [1.54, 1.807) is 29.0 Å². The third kappa shape index (κ3) is 4.47. The lowest BCUT2D eigenvalue weighted by molar-refractivity contribution is -0.128. The summed E-state index contributed by atoms with van der Waals surface area (Å²) >= 11 is 0. The van der Waals surface area contributed by atoms with Crippen LogP contribution in [0.15, 0.2) is 12.3 Å². The van der Waals surface area contributed by atoms with E-state index in [-0.39, 0.29) is 18.0 Å². The number of ether oxygens (including phenoxy) is 1. The minimum absolute atomic E-state index is 0.0788. The second-order valence-corrected chi connectivity index (χ2v) is 6.55. The maximum Gasteiger partial charge on any atom is 0.323 e. The summed E-state index contributed by atoms with van der Waals surface area (Å²) in [4.78, 5) is 26.3. The van der Waals surface area contributed by atoms with E-state index in [2.05, 4.69) is 15.7 Å².